The first-order chi connectivity index (χ1) is 58.7. The summed E-state index contributed by atoms with van der Waals surface area (Å²) in [5.41, 5.74) is 3.03. The lowest BCUT2D eigenvalue weighted by atomic mass is 10.4. The van der Waals surface area contributed by atoms with Crippen molar-refractivity contribution in [2.75, 3.05) is 151 Å². The van der Waals surface area contributed by atoms with Crippen molar-refractivity contribution in [2.24, 2.45) is 0 Å². The zero-order valence-corrected chi connectivity index (χ0v) is 67.1. The average Bonchev–Trinajstić information content (AvgIpc) is 1.64. The maximum atomic E-state index is 12.9. The Morgan fingerprint density at radius 3 is 0.895 bits per heavy atom. The van der Waals surface area contributed by atoms with Crippen LogP contribution in [0.15, 0.2) is 44.0 Å². The third kappa shape index (κ3) is 29.2. The summed E-state index contributed by atoms with van der Waals surface area (Å²) in [6.07, 6.45) is -14.1. The molecule has 4 saturated heterocycles. The number of hydrogen-bond donors (Lipinski definition) is 9. The van der Waals surface area contributed by atoms with Gasteiger partial charge in [0.05, 0.1) is 89.9 Å². The summed E-state index contributed by atoms with van der Waals surface area (Å²) in [5, 5.41) is 76.0. The molecule has 0 spiro atoms. The van der Waals surface area contributed by atoms with Gasteiger partial charge in [-0.05, 0) is 34.6 Å². The number of fused-ring (bicyclic) bond motifs is 4. The first kappa shape index (κ1) is 101. The number of rotatable bonds is 17. The number of piperazine rings is 4. The fourth-order valence-corrected chi connectivity index (χ4v) is 11.2. The lowest BCUT2D eigenvalue weighted by Gasteiger charge is -2.28. The lowest BCUT2D eigenvalue weighted by Crippen LogP contribution is -2.44. The molecule has 0 saturated carbocycles. The molecule has 0 unspecified atom stereocenters. The molecule has 53 heteroatoms. The SMILES string of the molecule is CC#CCn1c(N2CCNCC2)nc2cnn(CC#N)c(=O)c21.CC#CCn1c(N2CCNCC2)nc2cnn(CC(=O)OCC)c(=O)c21.CC#CCn1c(N2CCNCC2)nc2cnn(CCO)c(=O)c21.CC#CCn1c(N2CCNCC2)nc2cnn(CCOC)c(=O)c21.O=C(O)C(F)(F)F.O=C(O)C(F)(F)F.O=C(O)C(F)(F)F.O=C(O)C(F)(F)F. The van der Waals surface area contributed by atoms with Crippen molar-refractivity contribution in [1.82, 2.24) is 98.6 Å². The van der Waals surface area contributed by atoms with Crippen LogP contribution in [-0.2, 0) is 85.8 Å². The average molecular weight is 1770 g/mol. The molecule has 41 nitrogen and oxygen atoms in total. The van der Waals surface area contributed by atoms with Crippen molar-refractivity contribution in [3.8, 4) is 53.4 Å². The van der Waals surface area contributed by atoms with Gasteiger partial charge in [-0.15, -0.1) is 23.7 Å². The number of carbonyl (C=O) groups excluding carboxylic acids is 1. The number of methoxy groups -OCH3 is 1. The number of aromatic nitrogens is 16. The monoisotopic (exact) mass is 1770 g/mol. The van der Waals surface area contributed by atoms with Crippen LogP contribution in [0.5, 0.6) is 0 Å². The predicted molar refractivity (Wildman–Crippen MR) is 417 cm³/mol. The number of imidazole rings is 4. The number of anilines is 4. The molecule has 4 fully saturated rings. The minimum Gasteiger partial charge on any atom is -0.475 e. The zero-order valence-electron chi connectivity index (χ0n) is 67.1. The summed E-state index contributed by atoms with van der Waals surface area (Å²) >= 11 is 0. The molecule has 9 N–H and O–H groups in total. The van der Waals surface area contributed by atoms with E-state index >= 15 is 0 Å². The van der Waals surface area contributed by atoms with Gasteiger partial charge in [-0.25, -0.2) is 57.8 Å². The van der Waals surface area contributed by atoms with E-state index in [2.05, 4.69) is 129 Å². The van der Waals surface area contributed by atoms with Crippen molar-refractivity contribution in [2.45, 2.75) is 112 Å². The van der Waals surface area contributed by atoms with Crippen LogP contribution < -0.4 is 63.1 Å². The molecule has 0 bridgehead atoms. The van der Waals surface area contributed by atoms with Gasteiger partial charge in [0.2, 0.25) is 23.8 Å². The van der Waals surface area contributed by atoms with Crippen molar-refractivity contribution >= 4 is 97.8 Å². The number of hydrogen-bond acceptors (Lipinski definition) is 29. The third-order valence-electron chi connectivity index (χ3n) is 16.8. The summed E-state index contributed by atoms with van der Waals surface area (Å²) < 4.78 is 149. The van der Waals surface area contributed by atoms with E-state index in [0.29, 0.717) is 89.4 Å². The topological polar surface area (TPSA) is 501 Å². The van der Waals surface area contributed by atoms with E-state index in [1.54, 1.807) is 54.1 Å². The number of esters is 1. The highest BCUT2D eigenvalue weighted by atomic mass is 19.4. The number of carboxylic acid groups (broad SMARTS) is 4. The number of nitrogens with zero attached hydrogens (tertiary/aromatic N) is 21. The van der Waals surface area contributed by atoms with Gasteiger partial charge in [-0.1, -0.05) is 23.7 Å². The van der Waals surface area contributed by atoms with Crippen molar-refractivity contribution in [3.05, 3.63) is 66.2 Å². The number of nitrogens with one attached hydrogen (secondary N) is 4. The largest absolute Gasteiger partial charge is 0.490 e. The molecule has 12 rings (SSSR count). The van der Waals surface area contributed by atoms with Gasteiger partial charge in [0.1, 0.15) is 57.2 Å². The van der Waals surface area contributed by atoms with Crippen molar-refractivity contribution in [1.29, 1.82) is 5.26 Å². The Bertz CT molecular complexity index is 5440. The Morgan fingerprint density at radius 1 is 0.419 bits per heavy atom. The van der Waals surface area contributed by atoms with Crippen LogP contribution >= 0.6 is 0 Å². The Morgan fingerprint density at radius 2 is 0.661 bits per heavy atom. The van der Waals surface area contributed by atoms with Crippen LogP contribution in [0.3, 0.4) is 0 Å². The highest BCUT2D eigenvalue weighted by Gasteiger charge is 2.41. The molecule has 0 atom stereocenters. The predicted octanol–water partition coefficient (Wildman–Crippen LogP) is 0.362. The molecular formula is C71H85F12N25O16. The molecule has 4 aliphatic heterocycles. The molecule has 0 aliphatic carbocycles. The van der Waals surface area contributed by atoms with Gasteiger partial charge in [0.25, 0.3) is 22.2 Å². The third-order valence-corrected chi connectivity index (χ3v) is 16.8. The fraction of sp³-hybridized carbons (Fsp3) is 0.521. The normalized spacial score (nSPS) is 13.8. The quantitative estimate of drug-likeness (QED) is 0.0338. The van der Waals surface area contributed by atoms with Gasteiger partial charge in [-0.2, -0.15) is 78.3 Å². The highest BCUT2D eigenvalue weighted by Crippen LogP contribution is 2.26. The first-order valence-electron chi connectivity index (χ1n) is 36.8. The number of aliphatic hydroxyl groups is 1. The molecule has 124 heavy (non-hydrogen) atoms. The van der Waals surface area contributed by atoms with E-state index in [-0.39, 0.29) is 55.1 Å². The second kappa shape index (κ2) is 48.3. The Kier molecular flexibility index (Phi) is 39.4. The van der Waals surface area contributed by atoms with Gasteiger partial charge in [0, 0.05) is 112 Å². The van der Waals surface area contributed by atoms with Crippen LogP contribution in [0, 0.1) is 58.7 Å². The molecule has 8 aromatic heterocycles. The summed E-state index contributed by atoms with van der Waals surface area (Å²) in [6.45, 7) is 24.9. The molecule has 0 amide bonds. The highest BCUT2D eigenvalue weighted by molar-refractivity contribution is 5.81. The molecule has 674 valence electrons. The van der Waals surface area contributed by atoms with Gasteiger partial charge in [-0.3, -0.25) is 42.2 Å². The minimum atomic E-state index is -5.08. The summed E-state index contributed by atoms with van der Waals surface area (Å²) in [4.78, 5) is 125. The van der Waals surface area contributed by atoms with Gasteiger partial charge < -0.3 is 75.9 Å². The summed E-state index contributed by atoms with van der Waals surface area (Å²) in [6, 6.07) is 1.95. The number of nitriles is 1. The molecule has 0 radical (unpaired) electrons. The number of aliphatic carboxylic acids is 4. The standard InChI is InChI=1S/C17H22N6O3.C16H22N6O2.C15H17N7O.C15H20N6O2.4C2HF3O2/c1-3-5-8-22-15-13(20-17(22)21-9-6-18-7-10-21)11-19-23(16(15)25)12-14(24)26-4-2;1-3-4-7-21-14-13(12-18-22(15(14)23)10-11-24-2)19-16(21)20-8-5-17-6-9-20;1-2-3-7-21-13-12(11-18-22(8-4-16)14(13)23)19-15(21)20-9-5-17-6-10-20;1-2-3-6-20-13-12(11-17-21(9-10-22)14(13)23)18-15(20)19-7-4-16-5-8-19;4*3-2(4,5)1(6)7/h11,18H,4,6-10,12H2,1-2H3;12,17H,5-11H2,1-2H3;11,17H,5-10H2,1H3;11,16,22H,4-10H2,1H3;4*(H,6,7). The number of ether oxygens (including phenoxy) is 2. The van der Waals surface area contributed by atoms with E-state index < -0.39 is 54.6 Å². The van der Waals surface area contributed by atoms with Gasteiger partial charge >= 0.3 is 54.6 Å². The lowest BCUT2D eigenvalue weighted by molar-refractivity contribution is -0.193. The Balaban J connectivity index is 0.000000266. The number of carbonyl (C=O) groups is 5. The van der Waals surface area contributed by atoms with E-state index in [9.17, 15) is 76.7 Å². The number of alkyl halides is 12. The number of aliphatic hydroxyl groups excluding tert-OH is 1. The van der Waals surface area contributed by atoms with Crippen LogP contribution in [-0.4, -0.2) is 289 Å². The zero-order chi connectivity index (χ0) is 92.2. The maximum absolute atomic E-state index is 12.9. The minimum absolute atomic E-state index is 0.0810. The summed E-state index contributed by atoms with van der Waals surface area (Å²) in [7, 11) is 1.60. The van der Waals surface area contributed by atoms with Crippen molar-refractivity contribution < 1.29 is 112 Å². The first-order valence-corrected chi connectivity index (χ1v) is 36.8. The number of halogens is 12. The van der Waals surface area contributed by atoms with Gasteiger partial charge in [0.15, 0.2) is 0 Å². The molecule has 12 heterocycles. The van der Waals surface area contributed by atoms with E-state index in [1.807, 2.05) is 24.3 Å². The smallest absolute Gasteiger partial charge is 0.475 e. The van der Waals surface area contributed by atoms with Crippen LogP contribution in [0.25, 0.3) is 44.1 Å². The second-order valence-electron chi connectivity index (χ2n) is 25.0. The van der Waals surface area contributed by atoms with E-state index in [0.717, 1.165) is 132 Å². The van der Waals surface area contributed by atoms with Crippen LogP contribution in [0.2, 0.25) is 0 Å². The fourth-order valence-electron chi connectivity index (χ4n) is 11.2. The van der Waals surface area contributed by atoms with E-state index in [4.69, 9.17) is 59.4 Å². The molecule has 8 aromatic rings. The van der Waals surface area contributed by atoms with Crippen LogP contribution in [0.4, 0.5) is 76.5 Å². The molecule has 0 aromatic carbocycles. The van der Waals surface area contributed by atoms with Crippen molar-refractivity contribution in [3.63, 3.8) is 0 Å². The maximum Gasteiger partial charge on any atom is 0.490 e. The Labute approximate surface area is 693 Å². The van der Waals surface area contributed by atoms with E-state index in [1.165, 1.54) is 21.8 Å². The molecular weight excluding hydrogens is 1690 g/mol. The van der Waals surface area contributed by atoms with Crippen LogP contribution in [0.1, 0.15) is 34.6 Å². The second-order valence-corrected chi connectivity index (χ2v) is 25.0. The number of carboxylic acids is 4. The summed E-state index contributed by atoms with van der Waals surface area (Å²) in [5.74, 6) is 15.0. The Hall–Kier alpha value is -13.4. The molecule has 4 aliphatic rings.